The number of ketones is 1. The SMILES string of the molecule is Cc1cc(C(=O)CSc2nnc(-c3ccc(F)cc3)n2CC2CCCO2)c(C)n1C. The van der Waals surface area contributed by atoms with Crippen LogP contribution in [0.4, 0.5) is 4.39 Å². The first-order valence-corrected chi connectivity index (χ1v) is 11.0. The molecule has 3 aromatic rings. The molecule has 0 aliphatic carbocycles. The van der Waals surface area contributed by atoms with Crippen molar-refractivity contribution in [3.8, 4) is 11.4 Å². The third-order valence-electron chi connectivity index (χ3n) is 5.64. The van der Waals surface area contributed by atoms with Crippen molar-refractivity contribution >= 4 is 17.5 Å². The van der Waals surface area contributed by atoms with Crippen molar-refractivity contribution in [2.75, 3.05) is 12.4 Å². The maximum Gasteiger partial charge on any atom is 0.192 e. The molecule has 0 bridgehead atoms. The quantitative estimate of drug-likeness (QED) is 0.417. The summed E-state index contributed by atoms with van der Waals surface area (Å²) in [6.45, 7) is 5.31. The molecule has 0 N–H and O–H groups in total. The topological polar surface area (TPSA) is 61.9 Å². The molecule has 1 atom stereocenters. The van der Waals surface area contributed by atoms with Crippen LogP contribution in [0.3, 0.4) is 0 Å². The van der Waals surface area contributed by atoms with Gasteiger partial charge in [0.25, 0.3) is 0 Å². The largest absolute Gasteiger partial charge is 0.376 e. The molecule has 1 fully saturated rings. The lowest BCUT2D eigenvalue weighted by Gasteiger charge is -2.14. The molecule has 1 aromatic carbocycles. The summed E-state index contributed by atoms with van der Waals surface area (Å²) in [5.74, 6) is 0.707. The van der Waals surface area contributed by atoms with E-state index < -0.39 is 0 Å². The fourth-order valence-electron chi connectivity index (χ4n) is 3.71. The molecule has 2 aromatic heterocycles. The van der Waals surface area contributed by atoms with E-state index >= 15 is 0 Å². The molecule has 3 heterocycles. The first-order valence-electron chi connectivity index (χ1n) is 10.0. The van der Waals surface area contributed by atoms with Crippen LogP contribution in [0, 0.1) is 19.7 Å². The highest BCUT2D eigenvalue weighted by molar-refractivity contribution is 7.99. The van der Waals surface area contributed by atoms with Gasteiger partial charge in [-0.15, -0.1) is 10.2 Å². The second kappa shape index (κ2) is 8.73. The number of nitrogens with zero attached hydrogens (tertiary/aromatic N) is 4. The number of benzene rings is 1. The number of hydrogen-bond donors (Lipinski definition) is 0. The van der Waals surface area contributed by atoms with Gasteiger partial charge in [-0.25, -0.2) is 4.39 Å². The second-order valence-corrected chi connectivity index (χ2v) is 8.56. The number of ether oxygens (including phenoxy) is 1. The number of carbonyl (C=O) groups is 1. The Morgan fingerprint density at radius 2 is 2.03 bits per heavy atom. The van der Waals surface area contributed by atoms with Gasteiger partial charge in [-0.05, 0) is 57.0 Å². The number of hydrogen-bond acceptors (Lipinski definition) is 5. The summed E-state index contributed by atoms with van der Waals surface area (Å²) >= 11 is 1.38. The molecule has 6 nitrogen and oxygen atoms in total. The van der Waals surface area contributed by atoms with Crippen LogP contribution in [-0.2, 0) is 18.3 Å². The number of aryl methyl sites for hydroxylation is 1. The molecular formula is C22H25FN4O2S. The highest BCUT2D eigenvalue weighted by Crippen LogP contribution is 2.27. The Morgan fingerprint density at radius 1 is 1.27 bits per heavy atom. The number of carbonyl (C=O) groups excluding carboxylic acids is 1. The van der Waals surface area contributed by atoms with E-state index in [2.05, 4.69) is 10.2 Å². The molecule has 1 saturated heterocycles. The van der Waals surface area contributed by atoms with Gasteiger partial charge < -0.3 is 9.30 Å². The van der Waals surface area contributed by atoms with Gasteiger partial charge in [-0.2, -0.15) is 0 Å². The van der Waals surface area contributed by atoms with E-state index in [0.29, 0.717) is 17.5 Å². The van der Waals surface area contributed by atoms with Crippen molar-refractivity contribution in [3.63, 3.8) is 0 Å². The Kier molecular flexibility index (Phi) is 6.06. The van der Waals surface area contributed by atoms with E-state index in [9.17, 15) is 9.18 Å². The van der Waals surface area contributed by atoms with Crippen molar-refractivity contribution < 1.29 is 13.9 Å². The molecule has 1 aliphatic heterocycles. The molecule has 4 rings (SSSR count). The maximum atomic E-state index is 13.4. The third-order valence-corrected chi connectivity index (χ3v) is 6.60. The normalized spacial score (nSPS) is 16.3. The molecular weight excluding hydrogens is 403 g/mol. The fourth-order valence-corrected chi connectivity index (χ4v) is 4.54. The average Bonchev–Trinajstić information content (AvgIpc) is 3.45. The van der Waals surface area contributed by atoms with E-state index in [4.69, 9.17) is 4.74 Å². The number of Topliss-reactive ketones (excluding diaryl/α,β-unsaturated/α-hetero) is 1. The first kappa shape index (κ1) is 20.8. The fraction of sp³-hybridized carbons (Fsp3) is 0.409. The Balaban J connectivity index is 1.58. The third kappa shape index (κ3) is 4.20. The van der Waals surface area contributed by atoms with E-state index in [1.54, 1.807) is 12.1 Å². The maximum absolute atomic E-state index is 13.4. The zero-order chi connectivity index (χ0) is 21.3. The highest BCUT2D eigenvalue weighted by atomic mass is 32.2. The first-order chi connectivity index (χ1) is 14.4. The molecule has 0 saturated carbocycles. The Labute approximate surface area is 179 Å². The number of thioether (sulfide) groups is 1. The lowest BCUT2D eigenvalue weighted by Crippen LogP contribution is -2.17. The van der Waals surface area contributed by atoms with E-state index in [0.717, 1.165) is 42.0 Å². The lowest BCUT2D eigenvalue weighted by molar-refractivity contribution is 0.0953. The zero-order valence-electron chi connectivity index (χ0n) is 17.4. The van der Waals surface area contributed by atoms with Gasteiger partial charge in [0.2, 0.25) is 0 Å². The zero-order valence-corrected chi connectivity index (χ0v) is 18.2. The molecule has 0 radical (unpaired) electrons. The smallest absolute Gasteiger partial charge is 0.192 e. The average molecular weight is 429 g/mol. The van der Waals surface area contributed by atoms with E-state index in [-0.39, 0.29) is 23.5 Å². The molecule has 1 aliphatic rings. The van der Waals surface area contributed by atoms with Crippen LogP contribution in [0.25, 0.3) is 11.4 Å². The van der Waals surface area contributed by atoms with E-state index in [1.165, 1.54) is 23.9 Å². The Bertz CT molecular complexity index is 1050. The Morgan fingerprint density at radius 3 is 2.67 bits per heavy atom. The molecule has 158 valence electrons. The summed E-state index contributed by atoms with van der Waals surface area (Å²) in [4.78, 5) is 12.8. The van der Waals surface area contributed by atoms with Gasteiger partial charge >= 0.3 is 0 Å². The summed E-state index contributed by atoms with van der Waals surface area (Å²) < 4.78 is 23.2. The monoisotopic (exact) mass is 428 g/mol. The predicted octanol–water partition coefficient (Wildman–Crippen LogP) is 4.19. The Hall–Kier alpha value is -2.45. The van der Waals surface area contributed by atoms with Crippen LogP contribution in [0.5, 0.6) is 0 Å². The van der Waals surface area contributed by atoms with Crippen molar-refractivity contribution in [2.24, 2.45) is 7.05 Å². The minimum absolute atomic E-state index is 0.0659. The number of halogens is 1. The number of rotatable bonds is 7. The highest BCUT2D eigenvalue weighted by Gasteiger charge is 2.23. The minimum Gasteiger partial charge on any atom is -0.376 e. The minimum atomic E-state index is -0.294. The summed E-state index contributed by atoms with van der Waals surface area (Å²) in [5, 5.41) is 9.35. The van der Waals surface area contributed by atoms with Gasteiger partial charge in [0.15, 0.2) is 16.8 Å². The standard InChI is InChI=1S/C22H25FN4O2S/c1-14-11-19(15(2)26(14)3)20(28)13-30-22-25-24-21(16-6-8-17(23)9-7-16)27(22)12-18-5-4-10-29-18/h6-9,11,18H,4-5,10,12-13H2,1-3H3. The molecule has 8 heteroatoms. The summed E-state index contributed by atoms with van der Waals surface area (Å²) in [7, 11) is 1.96. The van der Waals surface area contributed by atoms with Gasteiger partial charge in [0.05, 0.1) is 18.4 Å². The second-order valence-electron chi connectivity index (χ2n) is 7.61. The lowest BCUT2D eigenvalue weighted by atomic mass is 10.2. The van der Waals surface area contributed by atoms with Crippen LogP contribution in [0.1, 0.15) is 34.6 Å². The van der Waals surface area contributed by atoms with E-state index in [1.807, 2.05) is 36.1 Å². The van der Waals surface area contributed by atoms with Crippen molar-refractivity contribution in [1.82, 2.24) is 19.3 Å². The van der Waals surface area contributed by atoms with Gasteiger partial charge in [0.1, 0.15) is 5.82 Å². The van der Waals surface area contributed by atoms with Crippen LogP contribution >= 0.6 is 11.8 Å². The van der Waals surface area contributed by atoms with Crippen molar-refractivity contribution in [3.05, 3.63) is 53.1 Å². The van der Waals surface area contributed by atoms with Gasteiger partial charge in [-0.1, -0.05) is 11.8 Å². The predicted molar refractivity (Wildman–Crippen MR) is 114 cm³/mol. The van der Waals surface area contributed by atoms with Crippen molar-refractivity contribution in [1.29, 1.82) is 0 Å². The summed E-state index contributed by atoms with van der Waals surface area (Å²) in [6, 6.07) is 8.15. The van der Waals surface area contributed by atoms with Crippen molar-refractivity contribution in [2.45, 2.75) is 44.5 Å². The van der Waals surface area contributed by atoms with Crippen LogP contribution in [0.2, 0.25) is 0 Å². The van der Waals surface area contributed by atoms with Crippen LogP contribution in [0.15, 0.2) is 35.5 Å². The van der Waals surface area contributed by atoms with Gasteiger partial charge in [0, 0.05) is 36.2 Å². The molecule has 0 amide bonds. The molecule has 30 heavy (non-hydrogen) atoms. The molecule has 1 unspecified atom stereocenters. The molecule has 0 spiro atoms. The van der Waals surface area contributed by atoms with Gasteiger partial charge in [-0.3, -0.25) is 9.36 Å². The number of aromatic nitrogens is 4. The summed E-state index contributed by atoms with van der Waals surface area (Å²) in [5.41, 5.74) is 3.55. The summed E-state index contributed by atoms with van der Waals surface area (Å²) in [6.07, 6.45) is 2.10. The van der Waals surface area contributed by atoms with Crippen LogP contribution in [-0.4, -0.2) is 43.6 Å². The van der Waals surface area contributed by atoms with Crippen LogP contribution < -0.4 is 0 Å².